The van der Waals surface area contributed by atoms with E-state index < -0.39 is 12.6 Å². The molecule has 6 heteroatoms. The molecule has 0 radical (unpaired) electrons. The number of nitrogens with one attached hydrogen (secondary N) is 1. The fourth-order valence-corrected chi connectivity index (χ4v) is 2.03. The Labute approximate surface area is 115 Å². The molecule has 0 aliphatic carbocycles. The van der Waals surface area contributed by atoms with Crippen LogP contribution in [0.3, 0.4) is 0 Å². The van der Waals surface area contributed by atoms with Gasteiger partial charge in [-0.1, -0.05) is 12.1 Å². The Morgan fingerprint density at radius 3 is 2.70 bits per heavy atom. The Bertz CT molecular complexity index is 581. The average Bonchev–Trinajstić information content (AvgIpc) is 2.38. The van der Waals surface area contributed by atoms with Crippen LogP contribution in [0.4, 0.5) is 24.5 Å². The van der Waals surface area contributed by atoms with Gasteiger partial charge in [-0.3, -0.25) is 4.98 Å². The second-order valence-electron chi connectivity index (χ2n) is 4.60. The van der Waals surface area contributed by atoms with E-state index in [2.05, 4.69) is 10.3 Å². The molecule has 1 heterocycles. The van der Waals surface area contributed by atoms with Crippen LogP contribution in [0.15, 0.2) is 30.5 Å². The van der Waals surface area contributed by atoms with Gasteiger partial charge in [-0.15, -0.1) is 0 Å². The summed E-state index contributed by atoms with van der Waals surface area (Å²) in [5, 5.41) is 4.02. The predicted octanol–water partition coefficient (Wildman–Crippen LogP) is 3.96. The molecular weight excluding hydrogens is 267 g/mol. The quantitative estimate of drug-likeness (QED) is 0.645. The summed E-state index contributed by atoms with van der Waals surface area (Å²) in [5.41, 5.74) is 7.96. The smallest absolute Gasteiger partial charge is 0.389 e. The molecule has 3 nitrogen and oxygen atoms in total. The van der Waals surface area contributed by atoms with Crippen LogP contribution in [0.25, 0.3) is 10.9 Å². The zero-order chi connectivity index (χ0) is 14.6. The Kier molecular flexibility index (Phi) is 4.32. The van der Waals surface area contributed by atoms with Gasteiger partial charge in [0, 0.05) is 30.2 Å². The Balaban J connectivity index is 1.95. The molecule has 0 amide bonds. The van der Waals surface area contributed by atoms with Crippen molar-refractivity contribution in [3.63, 3.8) is 0 Å². The first kappa shape index (κ1) is 14.4. The number of anilines is 2. The highest BCUT2D eigenvalue weighted by atomic mass is 19.4. The number of nitrogens with zero attached hydrogens (tertiary/aromatic N) is 1. The molecule has 0 bridgehead atoms. The summed E-state index contributed by atoms with van der Waals surface area (Å²) in [4.78, 5) is 4.20. The molecule has 0 saturated heterocycles. The molecule has 3 N–H and O–H groups in total. The van der Waals surface area contributed by atoms with Crippen molar-refractivity contribution in [1.29, 1.82) is 0 Å². The SMILES string of the molecule is Nc1cccc2c(NCCCCC(F)(F)F)ccnc12. The number of hydrogen-bond donors (Lipinski definition) is 2. The van der Waals surface area contributed by atoms with Crippen molar-refractivity contribution in [2.45, 2.75) is 25.4 Å². The van der Waals surface area contributed by atoms with Crippen LogP contribution in [-0.2, 0) is 0 Å². The highest BCUT2D eigenvalue weighted by Crippen LogP contribution is 2.26. The van der Waals surface area contributed by atoms with Crippen LogP contribution >= 0.6 is 0 Å². The highest BCUT2D eigenvalue weighted by molar-refractivity contribution is 5.97. The van der Waals surface area contributed by atoms with Gasteiger partial charge in [-0.05, 0) is 25.0 Å². The molecule has 0 fully saturated rings. The number of aromatic nitrogens is 1. The van der Waals surface area contributed by atoms with E-state index in [-0.39, 0.29) is 6.42 Å². The van der Waals surface area contributed by atoms with Crippen LogP contribution in [0, 0.1) is 0 Å². The maximum atomic E-state index is 12.0. The summed E-state index contributed by atoms with van der Waals surface area (Å²) >= 11 is 0. The lowest BCUT2D eigenvalue weighted by Crippen LogP contribution is -2.09. The van der Waals surface area contributed by atoms with E-state index in [9.17, 15) is 13.2 Å². The van der Waals surface area contributed by atoms with E-state index in [1.165, 1.54) is 0 Å². The lowest BCUT2D eigenvalue weighted by Gasteiger charge is -2.11. The maximum absolute atomic E-state index is 12.0. The van der Waals surface area contributed by atoms with Gasteiger partial charge in [0.1, 0.15) is 0 Å². The third-order valence-electron chi connectivity index (χ3n) is 3.00. The number of para-hydroxylation sites is 1. The molecule has 2 aromatic rings. The van der Waals surface area contributed by atoms with E-state index in [1.54, 1.807) is 18.3 Å². The molecule has 0 saturated carbocycles. The number of benzene rings is 1. The van der Waals surface area contributed by atoms with Gasteiger partial charge in [0.05, 0.1) is 11.2 Å². The number of pyridine rings is 1. The molecule has 20 heavy (non-hydrogen) atoms. The molecule has 0 aliphatic rings. The van der Waals surface area contributed by atoms with E-state index in [0.29, 0.717) is 24.2 Å². The van der Waals surface area contributed by atoms with Crippen molar-refractivity contribution in [2.24, 2.45) is 0 Å². The number of fused-ring (bicyclic) bond motifs is 1. The molecule has 0 spiro atoms. The number of unbranched alkanes of at least 4 members (excludes halogenated alkanes) is 1. The monoisotopic (exact) mass is 283 g/mol. The molecule has 2 rings (SSSR count). The highest BCUT2D eigenvalue weighted by Gasteiger charge is 2.25. The standard InChI is InChI=1S/C14H16F3N3/c15-14(16,17)7-1-2-8-19-12-6-9-20-13-10(12)4-3-5-11(13)18/h3-6,9H,1-2,7-8,18H2,(H,19,20). The second kappa shape index (κ2) is 5.98. The van der Waals surface area contributed by atoms with Gasteiger partial charge >= 0.3 is 6.18 Å². The van der Waals surface area contributed by atoms with E-state index in [1.807, 2.05) is 12.1 Å². The number of alkyl halides is 3. The molecule has 0 aliphatic heterocycles. The summed E-state index contributed by atoms with van der Waals surface area (Å²) in [7, 11) is 0. The minimum absolute atomic E-state index is 0.127. The first-order chi connectivity index (χ1) is 9.47. The molecular formula is C14H16F3N3. The number of nitrogen functional groups attached to an aromatic ring is 1. The summed E-state index contributed by atoms with van der Waals surface area (Å²) in [6.45, 7) is 0.490. The molecule has 0 atom stereocenters. The van der Waals surface area contributed by atoms with Gasteiger partial charge < -0.3 is 11.1 Å². The average molecular weight is 283 g/mol. The lowest BCUT2D eigenvalue weighted by atomic mass is 10.1. The maximum Gasteiger partial charge on any atom is 0.389 e. The Morgan fingerprint density at radius 1 is 1.15 bits per heavy atom. The van der Waals surface area contributed by atoms with Crippen molar-refractivity contribution >= 4 is 22.3 Å². The third kappa shape index (κ3) is 3.76. The van der Waals surface area contributed by atoms with Crippen molar-refractivity contribution in [3.8, 4) is 0 Å². The normalized spacial score (nSPS) is 11.8. The fraction of sp³-hybridized carbons (Fsp3) is 0.357. The first-order valence-electron chi connectivity index (χ1n) is 6.41. The van der Waals surface area contributed by atoms with E-state index in [4.69, 9.17) is 5.73 Å². The molecule has 108 valence electrons. The van der Waals surface area contributed by atoms with E-state index in [0.717, 1.165) is 11.1 Å². The zero-order valence-electron chi connectivity index (χ0n) is 10.9. The Morgan fingerprint density at radius 2 is 1.95 bits per heavy atom. The number of hydrogen-bond acceptors (Lipinski definition) is 3. The van der Waals surface area contributed by atoms with Crippen LogP contribution < -0.4 is 11.1 Å². The molecule has 1 aromatic heterocycles. The predicted molar refractivity (Wildman–Crippen MR) is 74.6 cm³/mol. The first-order valence-corrected chi connectivity index (χ1v) is 6.41. The number of rotatable bonds is 5. The lowest BCUT2D eigenvalue weighted by molar-refractivity contribution is -0.135. The number of halogens is 3. The minimum Gasteiger partial charge on any atom is -0.397 e. The summed E-state index contributed by atoms with van der Waals surface area (Å²) in [5.74, 6) is 0. The topological polar surface area (TPSA) is 50.9 Å². The summed E-state index contributed by atoms with van der Waals surface area (Å²) in [6.07, 6.45) is -2.58. The van der Waals surface area contributed by atoms with E-state index >= 15 is 0 Å². The summed E-state index contributed by atoms with van der Waals surface area (Å²) in [6, 6.07) is 7.28. The number of nitrogens with two attached hydrogens (primary N) is 1. The molecule has 1 aromatic carbocycles. The van der Waals surface area contributed by atoms with Crippen molar-refractivity contribution in [2.75, 3.05) is 17.6 Å². The third-order valence-corrected chi connectivity index (χ3v) is 3.00. The van der Waals surface area contributed by atoms with Crippen molar-refractivity contribution in [1.82, 2.24) is 4.98 Å². The minimum atomic E-state index is -4.07. The Hall–Kier alpha value is -1.98. The van der Waals surface area contributed by atoms with Gasteiger partial charge in [0.25, 0.3) is 0 Å². The van der Waals surface area contributed by atoms with Gasteiger partial charge in [-0.2, -0.15) is 13.2 Å². The second-order valence-corrected chi connectivity index (χ2v) is 4.60. The van der Waals surface area contributed by atoms with Crippen LogP contribution in [0.1, 0.15) is 19.3 Å². The van der Waals surface area contributed by atoms with Crippen LogP contribution in [0.2, 0.25) is 0 Å². The zero-order valence-corrected chi connectivity index (χ0v) is 10.9. The fourth-order valence-electron chi connectivity index (χ4n) is 2.03. The van der Waals surface area contributed by atoms with Gasteiger partial charge in [0.15, 0.2) is 0 Å². The van der Waals surface area contributed by atoms with Crippen molar-refractivity contribution < 1.29 is 13.2 Å². The van der Waals surface area contributed by atoms with Crippen LogP contribution in [-0.4, -0.2) is 17.7 Å². The van der Waals surface area contributed by atoms with Crippen molar-refractivity contribution in [3.05, 3.63) is 30.5 Å². The molecule has 0 unspecified atom stereocenters. The van der Waals surface area contributed by atoms with Crippen LogP contribution in [0.5, 0.6) is 0 Å². The largest absolute Gasteiger partial charge is 0.397 e. The summed E-state index contributed by atoms with van der Waals surface area (Å²) < 4.78 is 36.0. The van der Waals surface area contributed by atoms with Gasteiger partial charge in [-0.25, -0.2) is 0 Å². The van der Waals surface area contributed by atoms with Gasteiger partial charge in [0.2, 0.25) is 0 Å².